The minimum Gasteiger partial charge on any atom is -0.457 e. The van der Waals surface area contributed by atoms with Crippen LogP contribution in [0, 0.1) is 5.41 Å². The third kappa shape index (κ3) is 8.02. The predicted molar refractivity (Wildman–Crippen MR) is 266 cm³/mol. The molecule has 0 fully saturated rings. The summed E-state index contributed by atoms with van der Waals surface area (Å²) in [6, 6.07) is 54.9. The van der Waals surface area contributed by atoms with Gasteiger partial charge in [-0.2, -0.15) is 0 Å². The van der Waals surface area contributed by atoms with Gasteiger partial charge in [-0.1, -0.05) is 154 Å². The molecule has 9 rings (SSSR count). The average Bonchev–Trinajstić information content (AvgIpc) is 3.87. The number of para-hydroxylation sites is 1. The number of allylic oxidation sites excluding steroid dienone is 1. The number of pyridine rings is 1. The van der Waals surface area contributed by atoms with Gasteiger partial charge in [0.25, 0.3) is 0 Å². The number of aromatic nitrogens is 2. The first kappa shape index (κ1) is 41.7. The Morgan fingerprint density at radius 3 is 2.03 bits per heavy atom. The van der Waals surface area contributed by atoms with E-state index >= 15 is 0 Å². The standard InChI is InChI=1S/C58H60N4O/c1-39(2)48-23-14-15-24-49(48)40-31-45(60-37-54(57(6,7)8)61(38-60)44-22-18-21-43(33-44)58(9,10)41-19-12-11-13-20-41)35-47(32-40)63-46-27-28-51-50-25-16-17-26-52(50)62(53(51)36-46)55-34-42(29-30-59-55)56(3,4)5/h11-37,39H,38H2,1-10H3. The molecule has 6 aromatic carbocycles. The molecule has 0 spiro atoms. The Bertz CT molecular complexity index is 2990. The molecule has 63 heavy (non-hydrogen) atoms. The highest BCUT2D eigenvalue weighted by Gasteiger charge is 2.33. The van der Waals surface area contributed by atoms with E-state index in [-0.39, 0.29) is 16.2 Å². The molecule has 1 aliphatic heterocycles. The number of hydrogen-bond donors (Lipinski definition) is 0. The van der Waals surface area contributed by atoms with Crippen molar-refractivity contribution in [3.63, 3.8) is 0 Å². The molecular formula is C58H60N4O. The van der Waals surface area contributed by atoms with Gasteiger partial charge in [0, 0.05) is 63.2 Å². The molecule has 3 heterocycles. The predicted octanol–water partition coefficient (Wildman–Crippen LogP) is 15.6. The van der Waals surface area contributed by atoms with Gasteiger partial charge in [-0.25, -0.2) is 4.98 Å². The molecule has 5 heteroatoms. The molecule has 318 valence electrons. The highest BCUT2D eigenvalue weighted by molar-refractivity contribution is 6.09. The fourth-order valence-electron chi connectivity index (χ4n) is 9.18. The van der Waals surface area contributed by atoms with Crippen LogP contribution in [-0.2, 0) is 10.8 Å². The molecule has 0 atom stereocenters. The lowest BCUT2D eigenvalue weighted by molar-refractivity contribution is 0.483. The van der Waals surface area contributed by atoms with E-state index in [9.17, 15) is 0 Å². The first-order valence-electron chi connectivity index (χ1n) is 22.4. The lowest BCUT2D eigenvalue weighted by Gasteiger charge is -2.32. The number of nitrogens with zero attached hydrogens (tertiary/aromatic N) is 4. The molecule has 5 nitrogen and oxygen atoms in total. The molecule has 1 aliphatic rings. The van der Waals surface area contributed by atoms with Crippen molar-refractivity contribution in [3.8, 4) is 28.4 Å². The van der Waals surface area contributed by atoms with Gasteiger partial charge in [-0.3, -0.25) is 4.57 Å². The van der Waals surface area contributed by atoms with Crippen LogP contribution in [0.5, 0.6) is 11.5 Å². The van der Waals surface area contributed by atoms with Crippen molar-refractivity contribution in [1.82, 2.24) is 9.55 Å². The summed E-state index contributed by atoms with van der Waals surface area (Å²) in [5.41, 5.74) is 12.9. The molecule has 0 bridgehead atoms. The van der Waals surface area contributed by atoms with Crippen molar-refractivity contribution in [2.75, 3.05) is 16.5 Å². The minimum atomic E-state index is -0.156. The van der Waals surface area contributed by atoms with Gasteiger partial charge in [0.05, 0.1) is 17.7 Å². The van der Waals surface area contributed by atoms with E-state index in [2.05, 4.69) is 241 Å². The SMILES string of the molecule is CC(C)c1ccccc1-c1cc(Oc2ccc3c4ccccc4n(-c4cc(C(C)(C)C)ccn4)c3c2)cc(N2C=C(C(C)(C)C)N(c3cccc(C(C)(C)c4ccccc4)c3)C2)c1. The smallest absolute Gasteiger partial charge is 0.137 e. The summed E-state index contributed by atoms with van der Waals surface area (Å²) in [6.07, 6.45) is 4.27. The molecule has 0 saturated heterocycles. The molecule has 0 unspecified atom stereocenters. The highest BCUT2D eigenvalue weighted by atomic mass is 16.5. The Balaban J connectivity index is 1.14. The summed E-state index contributed by atoms with van der Waals surface area (Å²) < 4.78 is 9.30. The Hall–Kier alpha value is -6.59. The molecule has 0 amide bonds. The number of hydrogen-bond acceptors (Lipinski definition) is 4. The zero-order valence-corrected chi connectivity index (χ0v) is 38.6. The van der Waals surface area contributed by atoms with Gasteiger partial charge in [-0.05, 0) is 99.3 Å². The normalized spacial score (nSPS) is 13.7. The average molecular weight is 829 g/mol. The van der Waals surface area contributed by atoms with Crippen LogP contribution < -0.4 is 14.5 Å². The maximum Gasteiger partial charge on any atom is 0.137 e. The monoisotopic (exact) mass is 828 g/mol. The first-order valence-corrected chi connectivity index (χ1v) is 22.4. The quantitative estimate of drug-likeness (QED) is 0.145. The molecule has 0 aliphatic carbocycles. The number of fused-ring (bicyclic) bond motifs is 3. The van der Waals surface area contributed by atoms with Gasteiger partial charge in [0.2, 0.25) is 0 Å². The van der Waals surface area contributed by atoms with Gasteiger partial charge in [-0.15, -0.1) is 0 Å². The molecule has 0 radical (unpaired) electrons. The molecule has 8 aromatic rings. The second-order valence-electron chi connectivity index (χ2n) is 20.1. The van der Waals surface area contributed by atoms with E-state index in [1.54, 1.807) is 0 Å². The maximum absolute atomic E-state index is 7.02. The Morgan fingerprint density at radius 1 is 0.556 bits per heavy atom. The van der Waals surface area contributed by atoms with E-state index in [1.807, 2.05) is 6.20 Å². The Labute approximate surface area is 374 Å². The summed E-state index contributed by atoms with van der Waals surface area (Å²) in [5.74, 6) is 2.80. The van der Waals surface area contributed by atoms with Crippen LogP contribution in [0.4, 0.5) is 11.4 Å². The van der Waals surface area contributed by atoms with Crippen LogP contribution in [0.3, 0.4) is 0 Å². The molecular weight excluding hydrogens is 769 g/mol. The largest absolute Gasteiger partial charge is 0.457 e. The lowest BCUT2D eigenvalue weighted by atomic mass is 9.78. The zero-order chi connectivity index (χ0) is 44.3. The van der Waals surface area contributed by atoms with Gasteiger partial charge < -0.3 is 14.5 Å². The van der Waals surface area contributed by atoms with E-state index in [4.69, 9.17) is 9.72 Å². The third-order valence-corrected chi connectivity index (χ3v) is 12.8. The van der Waals surface area contributed by atoms with E-state index in [0.29, 0.717) is 12.6 Å². The van der Waals surface area contributed by atoms with Crippen molar-refractivity contribution < 1.29 is 4.74 Å². The van der Waals surface area contributed by atoms with Crippen molar-refractivity contribution in [3.05, 3.63) is 192 Å². The van der Waals surface area contributed by atoms with Crippen molar-refractivity contribution in [1.29, 1.82) is 0 Å². The Kier molecular flexibility index (Phi) is 10.6. The van der Waals surface area contributed by atoms with Crippen LogP contribution in [0.15, 0.2) is 170 Å². The minimum absolute atomic E-state index is 0.0137. The lowest BCUT2D eigenvalue weighted by Crippen LogP contribution is -2.31. The van der Waals surface area contributed by atoms with Crippen LogP contribution in [0.2, 0.25) is 0 Å². The Morgan fingerprint density at radius 2 is 1.27 bits per heavy atom. The van der Waals surface area contributed by atoms with Crippen molar-refractivity contribution >= 4 is 33.2 Å². The first-order chi connectivity index (χ1) is 30.1. The topological polar surface area (TPSA) is 33.5 Å². The summed E-state index contributed by atoms with van der Waals surface area (Å²) in [7, 11) is 0. The number of rotatable bonds is 9. The molecule has 2 aromatic heterocycles. The van der Waals surface area contributed by atoms with Gasteiger partial charge in [0.1, 0.15) is 17.3 Å². The molecule has 0 N–H and O–H groups in total. The van der Waals surface area contributed by atoms with Gasteiger partial charge in [0.15, 0.2) is 0 Å². The highest BCUT2D eigenvalue weighted by Crippen LogP contribution is 2.44. The fraction of sp³-hybridized carbons (Fsp3) is 0.259. The van der Waals surface area contributed by atoms with Gasteiger partial charge >= 0.3 is 0 Å². The van der Waals surface area contributed by atoms with Crippen LogP contribution in [-0.4, -0.2) is 16.2 Å². The van der Waals surface area contributed by atoms with E-state index in [1.165, 1.54) is 44.6 Å². The fourth-order valence-corrected chi connectivity index (χ4v) is 9.18. The summed E-state index contributed by atoms with van der Waals surface area (Å²) >= 11 is 0. The molecule has 0 saturated carbocycles. The number of benzene rings is 6. The zero-order valence-electron chi connectivity index (χ0n) is 38.6. The second kappa shape index (κ2) is 16.0. The summed E-state index contributed by atoms with van der Waals surface area (Å²) in [5, 5.41) is 2.35. The van der Waals surface area contributed by atoms with Crippen LogP contribution >= 0.6 is 0 Å². The number of ether oxygens (including phenoxy) is 1. The third-order valence-electron chi connectivity index (χ3n) is 12.8. The summed E-state index contributed by atoms with van der Waals surface area (Å²) in [4.78, 5) is 9.79. The van der Waals surface area contributed by atoms with Crippen LogP contribution in [0.1, 0.15) is 97.4 Å². The number of anilines is 2. The van der Waals surface area contributed by atoms with Crippen molar-refractivity contribution in [2.24, 2.45) is 5.41 Å². The second-order valence-corrected chi connectivity index (χ2v) is 20.1. The van der Waals surface area contributed by atoms with Crippen LogP contribution in [0.25, 0.3) is 38.8 Å². The van der Waals surface area contributed by atoms with E-state index in [0.717, 1.165) is 45.0 Å². The van der Waals surface area contributed by atoms with Crippen molar-refractivity contribution in [2.45, 2.75) is 86.0 Å². The van der Waals surface area contributed by atoms with E-state index < -0.39 is 0 Å². The summed E-state index contributed by atoms with van der Waals surface area (Å²) in [6.45, 7) is 23.5. The maximum atomic E-state index is 7.02.